The van der Waals surface area contributed by atoms with Crippen LogP contribution >= 0.6 is 0 Å². The molecule has 0 unspecified atom stereocenters. The van der Waals surface area contributed by atoms with Gasteiger partial charge in [0.25, 0.3) is 0 Å². The average Bonchev–Trinajstić information content (AvgIpc) is 3.00. The molecule has 4 atom stereocenters. The van der Waals surface area contributed by atoms with Crippen LogP contribution in [0.3, 0.4) is 0 Å². The van der Waals surface area contributed by atoms with E-state index in [1.807, 2.05) is 24.3 Å². The second kappa shape index (κ2) is 5.48. The Morgan fingerprint density at radius 1 is 1.00 bits per heavy atom. The molecule has 3 nitrogen and oxygen atoms in total. The quantitative estimate of drug-likeness (QED) is 0.841. The summed E-state index contributed by atoms with van der Waals surface area (Å²) >= 11 is 0. The molecule has 1 fully saturated rings. The molecule has 0 radical (unpaired) electrons. The molecular weight excluding hydrogens is 288 g/mol. The zero-order valence-electron chi connectivity index (χ0n) is 13.3. The fraction of sp³-hybridized carbons (Fsp3) is 0.400. The maximum absolute atomic E-state index is 9.86. The number of benzene rings is 2. The van der Waals surface area contributed by atoms with Crippen molar-refractivity contribution in [2.75, 3.05) is 0 Å². The lowest BCUT2D eigenvalue weighted by Gasteiger charge is -2.36. The van der Waals surface area contributed by atoms with E-state index in [9.17, 15) is 10.2 Å². The normalized spacial score (nSPS) is 28.7. The molecule has 23 heavy (non-hydrogen) atoms. The van der Waals surface area contributed by atoms with Gasteiger partial charge < -0.3 is 14.9 Å². The first kappa shape index (κ1) is 14.4. The highest BCUT2D eigenvalue weighted by molar-refractivity contribution is 5.46. The largest absolute Gasteiger partial charge is 0.508 e. The third-order valence-corrected chi connectivity index (χ3v) is 5.54. The van der Waals surface area contributed by atoms with Crippen LogP contribution in [-0.4, -0.2) is 10.2 Å². The molecule has 2 N–H and O–H groups in total. The van der Waals surface area contributed by atoms with Gasteiger partial charge in [-0.1, -0.05) is 25.5 Å². The second-order valence-corrected chi connectivity index (χ2v) is 6.87. The van der Waals surface area contributed by atoms with E-state index in [1.165, 1.54) is 6.42 Å². The smallest absolute Gasteiger partial charge is 0.127 e. The van der Waals surface area contributed by atoms with Gasteiger partial charge in [0.2, 0.25) is 0 Å². The molecule has 0 aromatic heterocycles. The third kappa shape index (κ3) is 2.44. The first-order valence-corrected chi connectivity index (χ1v) is 8.44. The van der Waals surface area contributed by atoms with E-state index in [0.29, 0.717) is 23.5 Å². The van der Waals surface area contributed by atoms with Gasteiger partial charge in [0.1, 0.15) is 23.4 Å². The van der Waals surface area contributed by atoms with E-state index < -0.39 is 0 Å². The molecule has 3 heteroatoms. The summed E-state index contributed by atoms with van der Waals surface area (Å²) in [6.07, 6.45) is 3.52. The highest BCUT2D eigenvalue weighted by atomic mass is 16.5. The van der Waals surface area contributed by atoms with Crippen LogP contribution in [0.25, 0.3) is 0 Å². The number of phenolic OH excluding ortho intramolecular Hbond substituents is 2. The maximum atomic E-state index is 9.86. The van der Waals surface area contributed by atoms with Gasteiger partial charge in [-0.2, -0.15) is 0 Å². The van der Waals surface area contributed by atoms with Crippen molar-refractivity contribution < 1.29 is 14.9 Å². The van der Waals surface area contributed by atoms with Crippen LogP contribution < -0.4 is 4.74 Å². The van der Waals surface area contributed by atoms with Gasteiger partial charge in [0, 0.05) is 11.5 Å². The third-order valence-electron chi connectivity index (χ3n) is 5.54. The Morgan fingerprint density at radius 3 is 2.48 bits per heavy atom. The number of ether oxygens (including phenoxy) is 1. The van der Waals surface area contributed by atoms with Crippen molar-refractivity contribution in [1.82, 2.24) is 0 Å². The van der Waals surface area contributed by atoms with E-state index in [0.717, 1.165) is 29.7 Å². The summed E-state index contributed by atoms with van der Waals surface area (Å²) in [6, 6.07) is 12.8. The number of phenols is 2. The number of hydrogen-bond donors (Lipinski definition) is 2. The van der Waals surface area contributed by atoms with Crippen molar-refractivity contribution >= 4 is 0 Å². The summed E-state index contributed by atoms with van der Waals surface area (Å²) < 4.78 is 6.33. The second-order valence-electron chi connectivity index (χ2n) is 6.87. The molecule has 2 aromatic carbocycles. The van der Waals surface area contributed by atoms with Gasteiger partial charge in [0.15, 0.2) is 0 Å². The predicted molar refractivity (Wildman–Crippen MR) is 88.8 cm³/mol. The minimum Gasteiger partial charge on any atom is -0.508 e. The van der Waals surface area contributed by atoms with Gasteiger partial charge in [-0.3, -0.25) is 0 Å². The van der Waals surface area contributed by atoms with E-state index in [1.54, 1.807) is 18.2 Å². The molecule has 0 bridgehead atoms. The number of aromatic hydroxyl groups is 2. The maximum Gasteiger partial charge on any atom is 0.127 e. The van der Waals surface area contributed by atoms with E-state index in [-0.39, 0.29) is 11.9 Å². The first-order chi connectivity index (χ1) is 11.2. The van der Waals surface area contributed by atoms with Crippen molar-refractivity contribution in [3.63, 3.8) is 0 Å². The fourth-order valence-electron chi connectivity index (χ4n) is 4.34. The van der Waals surface area contributed by atoms with Crippen molar-refractivity contribution in [3.8, 4) is 17.2 Å². The monoisotopic (exact) mass is 310 g/mol. The highest BCUT2D eigenvalue weighted by Gasteiger charge is 2.45. The van der Waals surface area contributed by atoms with Gasteiger partial charge in [-0.25, -0.2) is 0 Å². The van der Waals surface area contributed by atoms with E-state index in [2.05, 4.69) is 6.92 Å². The van der Waals surface area contributed by atoms with Crippen LogP contribution in [-0.2, 0) is 0 Å². The van der Waals surface area contributed by atoms with Gasteiger partial charge in [0.05, 0.1) is 0 Å². The molecule has 0 spiro atoms. The summed E-state index contributed by atoms with van der Waals surface area (Å²) in [6.45, 7) is 2.25. The topological polar surface area (TPSA) is 49.7 Å². The molecule has 4 rings (SSSR count). The van der Waals surface area contributed by atoms with Crippen molar-refractivity contribution in [1.29, 1.82) is 0 Å². The summed E-state index contributed by atoms with van der Waals surface area (Å²) in [5.41, 5.74) is 2.27. The minimum atomic E-state index is 0.0224. The lowest BCUT2D eigenvalue weighted by molar-refractivity contribution is 0.103. The Hall–Kier alpha value is -2.16. The molecular formula is C20H22O3. The van der Waals surface area contributed by atoms with Crippen molar-refractivity contribution in [3.05, 3.63) is 53.6 Å². The number of rotatable bonds is 2. The molecule has 2 aliphatic rings. The van der Waals surface area contributed by atoms with Crippen molar-refractivity contribution in [2.45, 2.75) is 38.2 Å². The van der Waals surface area contributed by atoms with Crippen LogP contribution in [0.5, 0.6) is 17.2 Å². The number of hydrogen-bond acceptors (Lipinski definition) is 3. The van der Waals surface area contributed by atoms with Crippen molar-refractivity contribution in [2.24, 2.45) is 11.8 Å². The Bertz CT molecular complexity index is 707. The molecule has 1 aliphatic carbocycles. The first-order valence-electron chi connectivity index (χ1n) is 8.44. The Morgan fingerprint density at radius 2 is 1.74 bits per heavy atom. The Labute approximate surface area is 136 Å². The highest BCUT2D eigenvalue weighted by Crippen LogP contribution is 2.56. The van der Waals surface area contributed by atoms with E-state index in [4.69, 9.17) is 4.74 Å². The number of fused-ring (bicyclic) bond motifs is 3. The Kier molecular flexibility index (Phi) is 3.44. The Balaban J connectivity index is 1.76. The average molecular weight is 310 g/mol. The van der Waals surface area contributed by atoms with Gasteiger partial charge >= 0.3 is 0 Å². The lowest BCUT2D eigenvalue weighted by atomic mass is 9.80. The molecule has 1 heterocycles. The molecule has 120 valence electrons. The summed E-state index contributed by atoms with van der Waals surface area (Å²) in [5, 5.41) is 19.4. The summed E-state index contributed by atoms with van der Waals surface area (Å²) in [4.78, 5) is 0. The fourth-order valence-corrected chi connectivity index (χ4v) is 4.34. The summed E-state index contributed by atoms with van der Waals surface area (Å²) in [5.74, 6) is 3.06. The zero-order chi connectivity index (χ0) is 16.0. The molecule has 2 aromatic rings. The lowest BCUT2D eigenvalue weighted by Crippen LogP contribution is -2.26. The van der Waals surface area contributed by atoms with Crippen LogP contribution in [0, 0.1) is 11.8 Å². The molecule has 0 amide bonds. The zero-order valence-corrected chi connectivity index (χ0v) is 13.3. The standard InChI is InChI=1S/C20H22O3/c1-2-12-9-16-17-11-15(22)7-8-19(17)23-20(18(16)10-12)13-3-5-14(21)6-4-13/h3-8,11-12,16,18,20-22H,2,9-10H2,1H3/t12-,16-,18-,20-/m0/s1. The van der Waals surface area contributed by atoms with Gasteiger partial charge in [-0.15, -0.1) is 0 Å². The van der Waals surface area contributed by atoms with E-state index >= 15 is 0 Å². The van der Waals surface area contributed by atoms with Crippen LogP contribution in [0.15, 0.2) is 42.5 Å². The molecule has 1 aliphatic heterocycles. The molecule has 0 saturated heterocycles. The predicted octanol–water partition coefficient (Wildman–Crippen LogP) is 4.75. The molecule has 1 saturated carbocycles. The van der Waals surface area contributed by atoms with Crippen LogP contribution in [0.2, 0.25) is 0 Å². The minimum absolute atomic E-state index is 0.0224. The van der Waals surface area contributed by atoms with Crippen LogP contribution in [0.4, 0.5) is 0 Å². The SMILES string of the molecule is CC[C@@H]1C[C@H]2[C@@H](C1)c1cc(O)ccc1O[C@H]2c1ccc(O)cc1. The van der Waals surface area contributed by atoms with Crippen LogP contribution in [0.1, 0.15) is 49.3 Å². The summed E-state index contributed by atoms with van der Waals surface area (Å²) in [7, 11) is 0. The van der Waals surface area contributed by atoms with Gasteiger partial charge in [-0.05, 0) is 60.6 Å².